The Morgan fingerprint density at radius 3 is 1.95 bits per heavy atom. The fourth-order valence-corrected chi connectivity index (χ4v) is 1.51. The van der Waals surface area contributed by atoms with Crippen LogP contribution in [0.1, 0.15) is 22.6 Å². The zero-order valence-corrected chi connectivity index (χ0v) is 9.87. The Kier molecular flexibility index (Phi) is 4.30. The van der Waals surface area contributed by atoms with Gasteiger partial charge in [-0.2, -0.15) is 15.8 Å². The van der Waals surface area contributed by atoms with Crippen molar-refractivity contribution in [3.63, 3.8) is 0 Å². The molecule has 1 aromatic carbocycles. The Bertz CT molecular complexity index is 711. The number of hydrogen-bond acceptors (Lipinski definition) is 5. The van der Waals surface area contributed by atoms with Gasteiger partial charge < -0.3 is 4.74 Å². The van der Waals surface area contributed by atoms with E-state index in [-0.39, 0.29) is 0 Å². The summed E-state index contributed by atoms with van der Waals surface area (Å²) >= 11 is 0. The first kappa shape index (κ1) is 15.0. The van der Waals surface area contributed by atoms with Crippen LogP contribution in [0.5, 0.6) is 0 Å². The normalized spacial score (nSPS) is 10.8. The van der Waals surface area contributed by atoms with Gasteiger partial charge in [0.05, 0.1) is 18.7 Å². The average Bonchev–Trinajstić information content (AvgIpc) is 2.45. The summed E-state index contributed by atoms with van der Waals surface area (Å²) in [6.45, 7) is 0. The molecule has 0 bridgehead atoms. The zero-order chi connectivity index (χ0) is 15.4. The third-order valence-corrected chi connectivity index (χ3v) is 2.44. The van der Waals surface area contributed by atoms with E-state index in [0.717, 1.165) is 13.2 Å². The van der Waals surface area contributed by atoms with Crippen LogP contribution in [0.2, 0.25) is 0 Å². The predicted molar refractivity (Wildman–Crippen MR) is 56.1 cm³/mol. The molecule has 0 heterocycles. The highest BCUT2D eigenvalue weighted by atomic mass is 19.2. The van der Waals surface area contributed by atoms with E-state index in [1.54, 1.807) is 0 Å². The number of rotatable bonds is 2. The van der Waals surface area contributed by atoms with Gasteiger partial charge in [-0.25, -0.2) is 13.2 Å². The summed E-state index contributed by atoms with van der Waals surface area (Å²) in [6, 6.07) is 3.56. The second-order valence-corrected chi connectivity index (χ2v) is 3.41. The van der Waals surface area contributed by atoms with Gasteiger partial charge in [-0.05, 0) is 0 Å². The summed E-state index contributed by atoms with van der Waals surface area (Å²) in [5, 5.41) is 26.1. The minimum absolute atomic E-state index is 0.891. The molecule has 0 fully saturated rings. The largest absolute Gasteiger partial charge is 0.468 e. The zero-order valence-electron chi connectivity index (χ0n) is 9.87. The first-order valence-corrected chi connectivity index (χ1v) is 4.92. The van der Waals surface area contributed by atoms with E-state index >= 15 is 0 Å². The van der Waals surface area contributed by atoms with Crippen LogP contribution in [0.15, 0.2) is 0 Å². The average molecular weight is 279 g/mol. The van der Waals surface area contributed by atoms with Crippen molar-refractivity contribution >= 4 is 5.97 Å². The van der Waals surface area contributed by atoms with Crippen molar-refractivity contribution in [3.05, 3.63) is 34.1 Å². The number of methoxy groups -OCH3 is 1. The molecule has 0 spiro atoms. The minimum Gasteiger partial charge on any atom is -0.468 e. The lowest BCUT2D eigenvalue weighted by atomic mass is 9.92. The van der Waals surface area contributed by atoms with E-state index < -0.39 is 46.0 Å². The van der Waals surface area contributed by atoms with Crippen LogP contribution in [0.4, 0.5) is 13.2 Å². The molecule has 1 unspecified atom stereocenters. The number of carbonyl (C=O) groups excluding carboxylic acids is 1. The summed E-state index contributed by atoms with van der Waals surface area (Å²) < 4.78 is 45.1. The summed E-state index contributed by atoms with van der Waals surface area (Å²) in [6.07, 6.45) is 0. The third-order valence-electron chi connectivity index (χ3n) is 2.44. The van der Waals surface area contributed by atoms with Crippen molar-refractivity contribution in [2.24, 2.45) is 0 Å². The molecule has 100 valence electrons. The van der Waals surface area contributed by atoms with Crippen LogP contribution in [0.3, 0.4) is 0 Å². The maximum absolute atomic E-state index is 14.0. The van der Waals surface area contributed by atoms with Gasteiger partial charge in [0.1, 0.15) is 17.7 Å². The monoisotopic (exact) mass is 279 g/mol. The highest BCUT2D eigenvalue weighted by Gasteiger charge is 2.34. The first-order chi connectivity index (χ1) is 9.44. The van der Waals surface area contributed by atoms with Crippen LogP contribution >= 0.6 is 0 Å². The second-order valence-electron chi connectivity index (χ2n) is 3.41. The molecular formula is C12H4F3N3O2. The number of esters is 1. The topological polar surface area (TPSA) is 97.7 Å². The Balaban J connectivity index is 3.84. The predicted octanol–water partition coefficient (Wildman–Crippen LogP) is 1.63. The van der Waals surface area contributed by atoms with E-state index in [1.807, 2.05) is 0 Å². The van der Waals surface area contributed by atoms with E-state index in [2.05, 4.69) is 4.74 Å². The van der Waals surface area contributed by atoms with Crippen LogP contribution in [0, 0.1) is 51.4 Å². The van der Waals surface area contributed by atoms with Crippen LogP contribution in [-0.4, -0.2) is 13.1 Å². The van der Waals surface area contributed by atoms with Gasteiger partial charge in [-0.1, -0.05) is 0 Å². The molecule has 0 aliphatic rings. The lowest BCUT2D eigenvalue weighted by Gasteiger charge is -2.12. The van der Waals surface area contributed by atoms with Crippen molar-refractivity contribution in [2.45, 2.75) is 5.92 Å². The maximum Gasteiger partial charge on any atom is 0.327 e. The third kappa shape index (κ3) is 2.13. The lowest BCUT2D eigenvalue weighted by Crippen LogP contribution is -2.18. The van der Waals surface area contributed by atoms with Gasteiger partial charge in [0.15, 0.2) is 23.4 Å². The Morgan fingerprint density at radius 1 is 1.05 bits per heavy atom. The number of ether oxygens (including phenoxy) is 1. The fourth-order valence-electron chi connectivity index (χ4n) is 1.51. The van der Waals surface area contributed by atoms with Crippen molar-refractivity contribution < 1.29 is 22.7 Å². The van der Waals surface area contributed by atoms with E-state index in [0.29, 0.717) is 0 Å². The molecule has 1 aromatic rings. The Hall–Kier alpha value is -3.05. The molecule has 0 saturated carbocycles. The molecule has 0 radical (unpaired) electrons. The summed E-state index contributed by atoms with van der Waals surface area (Å²) in [4.78, 5) is 11.3. The molecule has 0 amide bonds. The van der Waals surface area contributed by atoms with Gasteiger partial charge in [0, 0.05) is 5.56 Å². The Labute approximate surface area is 111 Å². The fraction of sp³-hybridized carbons (Fsp3) is 0.167. The molecule has 0 aliphatic heterocycles. The number of nitriles is 3. The van der Waals surface area contributed by atoms with Crippen LogP contribution < -0.4 is 0 Å². The number of benzene rings is 1. The minimum atomic E-state index is -1.99. The number of nitrogens with zero attached hydrogens (tertiary/aromatic N) is 3. The molecule has 5 nitrogen and oxygen atoms in total. The molecule has 20 heavy (non-hydrogen) atoms. The number of halogens is 3. The number of carbonyl (C=O) groups is 1. The molecule has 0 aromatic heterocycles. The summed E-state index contributed by atoms with van der Waals surface area (Å²) in [5.41, 5.74) is -3.49. The lowest BCUT2D eigenvalue weighted by molar-refractivity contribution is -0.141. The highest BCUT2D eigenvalue weighted by molar-refractivity contribution is 5.82. The number of hydrogen-bond donors (Lipinski definition) is 0. The van der Waals surface area contributed by atoms with Gasteiger partial charge >= 0.3 is 5.97 Å². The van der Waals surface area contributed by atoms with Crippen molar-refractivity contribution in [2.75, 3.05) is 7.11 Å². The smallest absolute Gasteiger partial charge is 0.327 e. The quantitative estimate of drug-likeness (QED) is 0.605. The van der Waals surface area contributed by atoms with Crippen LogP contribution in [0.25, 0.3) is 0 Å². The van der Waals surface area contributed by atoms with E-state index in [9.17, 15) is 18.0 Å². The molecule has 0 N–H and O–H groups in total. The standard InChI is InChI=1S/C12H4F3N3O2/c1-20-12(19)6(3-17)8-5(2-16)10(14)11(15)7(4-18)9(8)13/h6H,1H3. The molecule has 0 saturated heterocycles. The van der Waals surface area contributed by atoms with Crippen molar-refractivity contribution in [1.29, 1.82) is 15.8 Å². The molecule has 1 atom stereocenters. The second kappa shape index (κ2) is 5.73. The van der Waals surface area contributed by atoms with Gasteiger partial charge in [-0.15, -0.1) is 0 Å². The highest BCUT2D eigenvalue weighted by Crippen LogP contribution is 2.30. The maximum atomic E-state index is 14.0. The molecule has 1 rings (SSSR count). The molecule has 0 aliphatic carbocycles. The molecular weight excluding hydrogens is 275 g/mol. The summed E-state index contributed by atoms with van der Waals surface area (Å²) in [5.74, 6) is -8.55. The van der Waals surface area contributed by atoms with Crippen LogP contribution in [-0.2, 0) is 9.53 Å². The van der Waals surface area contributed by atoms with Crippen molar-refractivity contribution in [1.82, 2.24) is 0 Å². The van der Waals surface area contributed by atoms with Gasteiger partial charge in [0.2, 0.25) is 0 Å². The molecule has 8 heteroatoms. The van der Waals surface area contributed by atoms with E-state index in [4.69, 9.17) is 15.8 Å². The van der Waals surface area contributed by atoms with Crippen molar-refractivity contribution in [3.8, 4) is 18.2 Å². The Morgan fingerprint density at radius 2 is 1.55 bits per heavy atom. The summed E-state index contributed by atoms with van der Waals surface area (Å²) in [7, 11) is 0.891. The van der Waals surface area contributed by atoms with Gasteiger partial charge in [-0.3, -0.25) is 4.79 Å². The van der Waals surface area contributed by atoms with E-state index in [1.165, 1.54) is 12.1 Å². The SMILES string of the molecule is COC(=O)C(C#N)c1c(F)c(C#N)c(F)c(F)c1C#N. The first-order valence-electron chi connectivity index (χ1n) is 4.92. The van der Waals surface area contributed by atoms with Gasteiger partial charge in [0.25, 0.3) is 0 Å².